The van der Waals surface area contributed by atoms with E-state index in [0.29, 0.717) is 11.3 Å². The molecule has 37 heavy (non-hydrogen) atoms. The van der Waals surface area contributed by atoms with Crippen LogP contribution >= 0.6 is 15.9 Å². The minimum atomic E-state index is -0.448. The van der Waals surface area contributed by atoms with Crippen LogP contribution in [0.15, 0.2) is 39.4 Å². The van der Waals surface area contributed by atoms with Crippen molar-refractivity contribution in [3.8, 4) is 0 Å². The highest BCUT2D eigenvalue weighted by molar-refractivity contribution is 9.10. The normalized spacial score (nSPS) is 21.6. The van der Waals surface area contributed by atoms with Crippen molar-refractivity contribution >= 4 is 50.3 Å². The second-order valence-corrected chi connectivity index (χ2v) is 11.2. The Balaban J connectivity index is 1.28. The second-order valence-electron chi connectivity index (χ2n) is 10.3. The Bertz CT molecular complexity index is 1280. The van der Waals surface area contributed by atoms with Crippen molar-refractivity contribution < 1.29 is 14.4 Å². The van der Waals surface area contributed by atoms with E-state index in [4.69, 9.17) is 0 Å². The summed E-state index contributed by atoms with van der Waals surface area (Å²) in [6, 6.07) is 3.94. The van der Waals surface area contributed by atoms with Gasteiger partial charge in [0.05, 0.1) is 29.2 Å². The number of amides is 3. The molecule has 4 heterocycles. The third-order valence-corrected chi connectivity index (χ3v) is 8.23. The molecule has 3 amide bonds. The van der Waals surface area contributed by atoms with Crippen LogP contribution in [0.3, 0.4) is 0 Å². The monoisotopic (exact) mass is 568 g/mol. The number of hydrogen-bond donors (Lipinski definition) is 2. The first-order valence-corrected chi connectivity index (χ1v) is 13.8. The van der Waals surface area contributed by atoms with Crippen LogP contribution in [0.25, 0.3) is 10.9 Å². The van der Waals surface area contributed by atoms with E-state index in [9.17, 15) is 14.4 Å². The maximum atomic E-state index is 13.2. The zero-order valence-electron chi connectivity index (χ0n) is 21.3. The van der Waals surface area contributed by atoms with Gasteiger partial charge in [-0.3, -0.25) is 19.1 Å². The number of aliphatic imine (C=N–C) groups is 1. The Labute approximate surface area is 224 Å². The molecule has 3 aliphatic rings. The topological polar surface area (TPSA) is 109 Å². The summed E-state index contributed by atoms with van der Waals surface area (Å²) in [5.74, 6) is -0.500. The molecule has 196 valence electrons. The van der Waals surface area contributed by atoms with Gasteiger partial charge >= 0.3 is 0 Å². The number of dihydropyridines is 1. The van der Waals surface area contributed by atoms with Gasteiger partial charge in [0.25, 0.3) is 11.8 Å². The number of fused-ring (bicyclic) bond motifs is 1. The summed E-state index contributed by atoms with van der Waals surface area (Å²) in [7, 11) is 0. The largest absolute Gasteiger partial charge is 0.351 e. The number of likely N-dealkylation sites (tertiary alicyclic amines) is 1. The molecule has 10 heteroatoms. The molecular weight excluding hydrogens is 536 g/mol. The van der Waals surface area contributed by atoms with Crippen molar-refractivity contribution in [3.05, 3.63) is 40.0 Å². The number of hydrogen-bond acceptors (Lipinski definition) is 5. The molecule has 9 nitrogen and oxygen atoms in total. The predicted octanol–water partition coefficient (Wildman–Crippen LogP) is 3.26. The van der Waals surface area contributed by atoms with Crippen molar-refractivity contribution in [2.24, 2.45) is 16.8 Å². The van der Waals surface area contributed by atoms with Crippen molar-refractivity contribution in [2.75, 3.05) is 32.7 Å². The Kier molecular flexibility index (Phi) is 7.57. The molecule has 2 fully saturated rings. The minimum Gasteiger partial charge on any atom is -0.351 e. The summed E-state index contributed by atoms with van der Waals surface area (Å²) in [6.45, 7) is 7.15. The Morgan fingerprint density at radius 3 is 2.57 bits per heavy atom. The number of aromatic nitrogens is 2. The smallest absolute Gasteiger partial charge is 0.254 e. The van der Waals surface area contributed by atoms with E-state index in [2.05, 4.69) is 36.7 Å². The lowest BCUT2D eigenvalue weighted by atomic mass is 9.95. The molecule has 0 aliphatic carbocycles. The van der Waals surface area contributed by atoms with Crippen molar-refractivity contribution in [3.63, 3.8) is 0 Å². The molecule has 1 atom stereocenters. The van der Waals surface area contributed by atoms with E-state index < -0.39 is 5.92 Å². The molecule has 1 unspecified atom stereocenters. The fraction of sp³-hybridized carbons (Fsp3) is 0.519. The quantitative estimate of drug-likeness (QED) is 0.575. The van der Waals surface area contributed by atoms with E-state index in [1.165, 1.54) is 0 Å². The van der Waals surface area contributed by atoms with E-state index in [1.807, 2.05) is 28.6 Å². The molecule has 2 N–H and O–H groups in total. The van der Waals surface area contributed by atoms with Gasteiger partial charge in [-0.2, -0.15) is 5.10 Å². The Morgan fingerprint density at radius 1 is 1.14 bits per heavy atom. The number of rotatable bonds is 5. The zero-order valence-corrected chi connectivity index (χ0v) is 22.9. The maximum absolute atomic E-state index is 13.2. The minimum absolute atomic E-state index is 0.138. The summed E-state index contributed by atoms with van der Waals surface area (Å²) in [6.07, 6.45) is 7.12. The molecule has 0 saturated carbocycles. The van der Waals surface area contributed by atoms with E-state index >= 15 is 0 Å². The number of nitrogens with one attached hydrogen (secondary N) is 2. The fourth-order valence-electron chi connectivity index (χ4n) is 5.69. The third-order valence-electron chi connectivity index (χ3n) is 7.77. The van der Waals surface area contributed by atoms with E-state index in [0.717, 1.165) is 72.8 Å². The summed E-state index contributed by atoms with van der Waals surface area (Å²) in [5.41, 5.74) is 2.98. The number of nitrogens with zero attached hydrogens (tertiary/aromatic N) is 4. The summed E-state index contributed by atoms with van der Waals surface area (Å²) in [5, 5.41) is 11.7. The lowest BCUT2D eigenvalue weighted by Gasteiger charge is -2.35. The van der Waals surface area contributed by atoms with Gasteiger partial charge in [-0.1, -0.05) is 21.5 Å². The number of piperidine rings is 2. The first kappa shape index (κ1) is 25.8. The summed E-state index contributed by atoms with van der Waals surface area (Å²) >= 11 is 3.56. The highest BCUT2D eigenvalue weighted by Gasteiger charge is 2.31. The van der Waals surface area contributed by atoms with Gasteiger partial charge in [0, 0.05) is 41.1 Å². The van der Waals surface area contributed by atoms with Crippen LogP contribution in [0.1, 0.15) is 55.9 Å². The van der Waals surface area contributed by atoms with Gasteiger partial charge in [-0.25, -0.2) is 4.99 Å². The zero-order chi connectivity index (χ0) is 26.1. The van der Waals surface area contributed by atoms with Crippen molar-refractivity contribution in [2.45, 2.75) is 45.6 Å². The standard InChI is InChI=1S/C27H33BrN6O3/c1-16-11-17(2)32-26(36)22(16)14-30-25(35)21-12-19(28)13-24-23(21)15-31-34(24)20-5-9-33(10-6-20)27(37)18-3-7-29-8-4-18/h11-13,15,18,20,22,29H,3-10,14H2,1-2H3,(H,30,35). The Morgan fingerprint density at radius 2 is 1.86 bits per heavy atom. The van der Waals surface area contributed by atoms with Crippen LogP contribution in [0.2, 0.25) is 0 Å². The molecule has 1 aromatic heterocycles. The van der Waals surface area contributed by atoms with Crippen LogP contribution in [0.4, 0.5) is 0 Å². The van der Waals surface area contributed by atoms with Gasteiger partial charge in [0.2, 0.25) is 5.91 Å². The molecular formula is C27H33BrN6O3. The first-order chi connectivity index (χ1) is 17.8. The van der Waals surface area contributed by atoms with Gasteiger partial charge in [0.1, 0.15) is 0 Å². The summed E-state index contributed by atoms with van der Waals surface area (Å²) in [4.78, 5) is 44.5. The van der Waals surface area contributed by atoms with Crippen molar-refractivity contribution in [1.29, 1.82) is 0 Å². The van der Waals surface area contributed by atoms with Crippen LogP contribution in [-0.4, -0.2) is 70.8 Å². The molecule has 5 rings (SSSR count). The number of benzene rings is 1. The lowest BCUT2D eigenvalue weighted by Crippen LogP contribution is -2.44. The predicted molar refractivity (Wildman–Crippen MR) is 146 cm³/mol. The van der Waals surface area contributed by atoms with Gasteiger partial charge in [0.15, 0.2) is 0 Å². The molecule has 1 aromatic carbocycles. The fourth-order valence-corrected chi connectivity index (χ4v) is 6.14. The third kappa shape index (κ3) is 5.40. The van der Waals surface area contributed by atoms with Crippen LogP contribution in [-0.2, 0) is 9.59 Å². The highest BCUT2D eigenvalue weighted by Crippen LogP contribution is 2.31. The first-order valence-electron chi connectivity index (χ1n) is 13.0. The number of halogens is 1. The van der Waals surface area contributed by atoms with Gasteiger partial charge in [-0.15, -0.1) is 0 Å². The van der Waals surface area contributed by atoms with Gasteiger partial charge < -0.3 is 15.5 Å². The van der Waals surface area contributed by atoms with Crippen LogP contribution < -0.4 is 10.6 Å². The molecule has 0 radical (unpaired) electrons. The Hall–Kier alpha value is -2.85. The van der Waals surface area contributed by atoms with Crippen LogP contribution in [0.5, 0.6) is 0 Å². The SMILES string of the molecule is CC1=CC(C)=NC(=O)C1CNC(=O)c1cc(Br)cc2c1cnn2C1CCN(C(=O)C2CCNCC2)CC1. The number of carbonyl (C=O) groups is 3. The highest BCUT2D eigenvalue weighted by atomic mass is 79.9. The molecule has 3 aliphatic heterocycles. The second kappa shape index (κ2) is 10.9. The van der Waals surface area contributed by atoms with E-state index in [1.54, 1.807) is 19.2 Å². The average molecular weight is 570 g/mol. The van der Waals surface area contributed by atoms with E-state index in [-0.39, 0.29) is 36.2 Å². The molecule has 0 bridgehead atoms. The van der Waals surface area contributed by atoms with Crippen molar-refractivity contribution in [1.82, 2.24) is 25.3 Å². The molecule has 2 aromatic rings. The molecule has 0 spiro atoms. The summed E-state index contributed by atoms with van der Waals surface area (Å²) < 4.78 is 2.79. The van der Waals surface area contributed by atoms with Gasteiger partial charge in [-0.05, 0) is 70.8 Å². The average Bonchev–Trinajstić information content (AvgIpc) is 3.31. The van der Waals surface area contributed by atoms with Crippen LogP contribution in [0, 0.1) is 11.8 Å². The lowest BCUT2D eigenvalue weighted by molar-refractivity contribution is -0.137. The number of carbonyl (C=O) groups excluding carboxylic acids is 3. The maximum Gasteiger partial charge on any atom is 0.254 e. The number of allylic oxidation sites excluding steroid dienone is 1. The molecule has 2 saturated heterocycles.